The van der Waals surface area contributed by atoms with Crippen LogP contribution >= 0.6 is 0 Å². The highest BCUT2D eigenvalue weighted by atomic mass is 16.5. The van der Waals surface area contributed by atoms with Gasteiger partial charge in [-0.3, -0.25) is 0 Å². The number of nitrogens with one attached hydrogen (secondary N) is 1. The van der Waals surface area contributed by atoms with Crippen LogP contribution in [0.2, 0.25) is 0 Å². The molecular formula is C14H21NO5. The molecule has 20 heavy (non-hydrogen) atoms. The fourth-order valence-electron chi connectivity index (χ4n) is 1.76. The Kier molecular flexibility index (Phi) is 6.44. The van der Waals surface area contributed by atoms with E-state index in [1.807, 2.05) is 6.92 Å². The predicted octanol–water partition coefficient (Wildman–Crippen LogP) is 0.487. The zero-order chi connectivity index (χ0) is 15.0. The molecule has 0 saturated carbocycles. The second-order valence-corrected chi connectivity index (χ2v) is 4.53. The fourth-order valence-corrected chi connectivity index (χ4v) is 1.76. The van der Waals surface area contributed by atoms with Crippen molar-refractivity contribution in [1.82, 2.24) is 5.32 Å². The molecule has 0 unspecified atom stereocenters. The van der Waals surface area contributed by atoms with Crippen LogP contribution < -0.4 is 10.1 Å². The van der Waals surface area contributed by atoms with Gasteiger partial charge in [-0.25, -0.2) is 4.79 Å². The second kappa shape index (κ2) is 7.84. The van der Waals surface area contributed by atoms with Gasteiger partial charge in [0.1, 0.15) is 17.9 Å². The molecule has 0 radical (unpaired) electrons. The number of hydrogen-bond donors (Lipinski definition) is 4. The van der Waals surface area contributed by atoms with Crippen molar-refractivity contribution in [3.8, 4) is 5.75 Å². The molecule has 0 aliphatic rings. The molecule has 6 heteroatoms. The lowest BCUT2D eigenvalue weighted by atomic mass is 9.99. The van der Waals surface area contributed by atoms with Crippen LogP contribution in [0.25, 0.3) is 0 Å². The van der Waals surface area contributed by atoms with Gasteiger partial charge in [0.15, 0.2) is 0 Å². The Bertz CT molecular complexity index is 423. The number of aromatic carboxylic acids is 1. The summed E-state index contributed by atoms with van der Waals surface area (Å²) in [7, 11) is 0. The van der Waals surface area contributed by atoms with Crippen molar-refractivity contribution in [2.24, 2.45) is 0 Å². The molecule has 0 aliphatic heterocycles. The topological polar surface area (TPSA) is 99.0 Å². The number of carboxylic acid groups (broad SMARTS) is 1. The van der Waals surface area contributed by atoms with Crippen LogP contribution in [0.1, 0.15) is 23.7 Å². The first-order valence-corrected chi connectivity index (χ1v) is 6.50. The number of benzene rings is 1. The van der Waals surface area contributed by atoms with Gasteiger partial charge in [-0.1, -0.05) is 19.1 Å². The molecule has 4 N–H and O–H groups in total. The van der Waals surface area contributed by atoms with E-state index in [1.165, 1.54) is 6.07 Å². The minimum atomic E-state index is -1.04. The van der Waals surface area contributed by atoms with Gasteiger partial charge in [0.05, 0.1) is 18.8 Å². The molecule has 0 amide bonds. The van der Waals surface area contributed by atoms with E-state index in [4.69, 9.17) is 9.84 Å². The lowest BCUT2D eigenvalue weighted by Crippen LogP contribution is -2.52. The molecule has 0 fully saturated rings. The standard InChI is InChI=1S/C14H21NO5/c1-2-14(9-16,10-17)15-7-8-20-12-6-4-3-5-11(12)13(18)19/h3-6,15-17H,2,7-10H2,1H3,(H,18,19). The van der Waals surface area contributed by atoms with Crippen LogP contribution in [0.5, 0.6) is 5.75 Å². The second-order valence-electron chi connectivity index (χ2n) is 4.53. The molecule has 1 rings (SSSR count). The molecule has 0 atom stereocenters. The number of ether oxygens (including phenoxy) is 1. The highest BCUT2D eigenvalue weighted by Gasteiger charge is 2.25. The van der Waals surface area contributed by atoms with E-state index in [0.717, 1.165) is 0 Å². The van der Waals surface area contributed by atoms with Gasteiger partial charge in [-0.2, -0.15) is 0 Å². The van der Waals surface area contributed by atoms with Crippen molar-refractivity contribution in [3.63, 3.8) is 0 Å². The van der Waals surface area contributed by atoms with E-state index >= 15 is 0 Å². The zero-order valence-corrected chi connectivity index (χ0v) is 11.5. The Morgan fingerprint density at radius 1 is 1.30 bits per heavy atom. The molecule has 0 aromatic heterocycles. The maximum atomic E-state index is 11.0. The Balaban J connectivity index is 2.51. The molecule has 112 valence electrons. The molecule has 1 aromatic rings. The van der Waals surface area contributed by atoms with E-state index in [2.05, 4.69) is 5.32 Å². The number of carboxylic acids is 1. The van der Waals surface area contributed by atoms with Crippen molar-refractivity contribution in [2.75, 3.05) is 26.4 Å². The van der Waals surface area contributed by atoms with Crippen molar-refractivity contribution >= 4 is 5.97 Å². The minimum absolute atomic E-state index is 0.110. The van der Waals surface area contributed by atoms with E-state index in [0.29, 0.717) is 18.7 Å². The van der Waals surface area contributed by atoms with E-state index in [9.17, 15) is 15.0 Å². The minimum Gasteiger partial charge on any atom is -0.491 e. The Morgan fingerprint density at radius 2 is 1.95 bits per heavy atom. The van der Waals surface area contributed by atoms with Gasteiger partial charge in [-0.15, -0.1) is 0 Å². The monoisotopic (exact) mass is 283 g/mol. The fraction of sp³-hybridized carbons (Fsp3) is 0.500. The largest absolute Gasteiger partial charge is 0.491 e. The number of hydrogen-bond acceptors (Lipinski definition) is 5. The van der Waals surface area contributed by atoms with Gasteiger partial charge >= 0.3 is 5.97 Å². The molecule has 0 aliphatic carbocycles. The summed E-state index contributed by atoms with van der Waals surface area (Å²) in [6.45, 7) is 2.15. The van der Waals surface area contributed by atoms with Crippen LogP contribution in [0.3, 0.4) is 0 Å². The normalized spacial score (nSPS) is 11.3. The molecular weight excluding hydrogens is 262 g/mol. The van der Waals surface area contributed by atoms with Crippen molar-refractivity contribution in [2.45, 2.75) is 18.9 Å². The number of aliphatic hydroxyl groups is 2. The van der Waals surface area contributed by atoms with Crippen LogP contribution in [-0.2, 0) is 0 Å². The number of aliphatic hydroxyl groups excluding tert-OH is 2. The molecule has 0 bridgehead atoms. The first-order valence-electron chi connectivity index (χ1n) is 6.50. The van der Waals surface area contributed by atoms with E-state index in [-0.39, 0.29) is 25.4 Å². The predicted molar refractivity (Wildman–Crippen MR) is 74.1 cm³/mol. The van der Waals surface area contributed by atoms with Gasteiger partial charge in [-0.05, 0) is 18.6 Å². The summed E-state index contributed by atoms with van der Waals surface area (Å²) in [5.74, 6) is -0.737. The highest BCUT2D eigenvalue weighted by Crippen LogP contribution is 2.17. The Morgan fingerprint density at radius 3 is 2.50 bits per heavy atom. The van der Waals surface area contributed by atoms with Crippen LogP contribution in [-0.4, -0.2) is 53.2 Å². The summed E-state index contributed by atoms with van der Waals surface area (Å²) in [5, 5.41) is 30.6. The highest BCUT2D eigenvalue weighted by molar-refractivity contribution is 5.90. The smallest absolute Gasteiger partial charge is 0.339 e. The summed E-state index contributed by atoms with van der Waals surface area (Å²) >= 11 is 0. The zero-order valence-electron chi connectivity index (χ0n) is 11.5. The summed E-state index contributed by atoms with van der Waals surface area (Å²) in [6.07, 6.45) is 0.575. The molecule has 1 aromatic carbocycles. The summed E-state index contributed by atoms with van der Waals surface area (Å²) in [4.78, 5) is 11.0. The summed E-state index contributed by atoms with van der Waals surface area (Å²) in [6, 6.07) is 6.40. The van der Waals surface area contributed by atoms with Crippen LogP contribution in [0.4, 0.5) is 0 Å². The average molecular weight is 283 g/mol. The average Bonchev–Trinajstić information content (AvgIpc) is 2.48. The summed E-state index contributed by atoms with van der Waals surface area (Å²) in [5.41, 5.74) is -0.617. The first-order chi connectivity index (χ1) is 9.58. The Labute approximate surface area is 118 Å². The van der Waals surface area contributed by atoms with Gasteiger partial charge in [0.25, 0.3) is 0 Å². The van der Waals surface area contributed by atoms with E-state index in [1.54, 1.807) is 18.2 Å². The third kappa shape index (κ3) is 4.19. The number of carbonyl (C=O) groups is 1. The van der Waals surface area contributed by atoms with Crippen molar-refractivity contribution < 1.29 is 24.9 Å². The van der Waals surface area contributed by atoms with E-state index < -0.39 is 11.5 Å². The van der Waals surface area contributed by atoms with Crippen molar-refractivity contribution in [3.05, 3.63) is 29.8 Å². The molecule has 0 spiro atoms. The van der Waals surface area contributed by atoms with Crippen LogP contribution in [0.15, 0.2) is 24.3 Å². The summed E-state index contributed by atoms with van der Waals surface area (Å²) < 4.78 is 5.42. The molecule has 0 heterocycles. The number of para-hydroxylation sites is 1. The first kappa shape index (κ1) is 16.4. The van der Waals surface area contributed by atoms with Crippen LogP contribution in [0, 0.1) is 0 Å². The lowest BCUT2D eigenvalue weighted by molar-refractivity contribution is 0.0691. The Hall–Kier alpha value is -1.63. The SMILES string of the molecule is CCC(CO)(CO)NCCOc1ccccc1C(=O)O. The lowest BCUT2D eigenvalue weighted by Gasteiger charge is -2.29. The maximum Gasteiger partial charge on any atom is 0.339 e. The number of rotatable bonds is 9. The van der Waals surface area contributed by atoms with Gasteiger partial charge < -0.3 is 25.4 Å². The quantitative estimate of drug-likeness (QED) is 0.492. The third-order valence-corrected chi connectivity index (χ3v) is 3.26. The maximum absolute atomic E-state index is 11.0. The van der Waals surface area contributed by atoms with Gasteiger partial charge in [0, 0.05) is 6.54 Å². The van der Waals surface area contributed by atoms with Crippen molar-refractivity contribution in [1.29, 1.82) is 0 Å². The van der Waals surface area contributed by atoms with Gasteiger partial charge in [0.2, 0.25) is 0 Å². The molecule has 6 nitrogen and oxygen atoms in total. The third-order valence-electron chi connectivity index (χ3n) is 3.26. The molecule has 0 saturated heterocycles.